The summed E-state index contributed by atoms with van der Waals surface area (Å²) in [7, 11) is 0. The van der Waals surface area contributed by atoms with E-state index in [1.54, 1.807) is 0 Å². The van der Waals surface area contributed by atoms with Crippen molar-refractivity contribution in [2.75, 3.05) is 13.4 Å². The van der Waals surface area contributed by atoms with Gasteiger partial charge in [0.25, 0.3) is 0 Å². The highest BCUT2D eigenvalue weighted by Crippen LogP contribution is 2.55. The second-order valence-corrected chi connectivity index (χ2v) is 9.81. The van der Waals surface area contributed by atoms with Gasteiger partial charge in [0.1, 0.15) is 18.0 Å². The van der Waals surface area contributed by atoms with E-state index in [2.05, 4.69) is 9.55 Å². The number of esters is 1. The molecule has 3 heterocycles. The molecule has 186 valence electrons. The fourth-order valence-electron chi connectivity index (χ4n) is 6.10. The van der Waals surface area contributed by atoms with Gasteiger partial charge in [0.15, 0.2) is 46.2 Å². The standard InChI is InChI=1S/C27H26N2O7/c1-11-13(3)29(14(4)12(2)28-11)25-17-8-22-21(35-10-36-22)7-16(17)23(24-18(25)9-34-27(24)33)15-5-19(30)26(32)20(31)6-15/h5-8,18,23-25,28H,9-10H2,1-4H3,(H,30,31)/p+1/t18-,23+,24-,25+/m0/s1. The van der Waals surface area contributed by atoms with Gasteiger partial charge in [-0.05, 0) is 49.2 Å². The third-order valence-electron chi connectivity index (χ3n) is 7.98. The molecule has 0 amide bonds. The summed E-state index contributed by atoms with van der Waals surface area (Å²) in [6.45, 7) is 8.32. The number of hydrogen-bond donors (Lipinski definition) is 3. The quantitative estimate of drug-likeness (QED) is 0.284. The van der Waals surface area contributed by atoms with Gasteiger partial charge < -0.3 is 29.5 Å². The molecule has 9 nitrogen and oxygen atoms in total. The van der Waals surface area contributed by atoms with Crippen LogP contribution in [0.1, 0.15) is 51.4 Å². The number of fused-ring (bicyclic) bond motifs is 3. The van der Waals surface area contributed by atoms with Crippen molar-refractivity contribution in [2.24, 2.45) is 11.8 Å². The van der Waals surface area contributed by atoms with Crippen LogP contribution in [0.4, 0.5) is 0 Å². The van der Waals surface area contributed by atoms with Gasteiger partial charge in [-0.1, -0.05) is 0 Å². The van der Waals surface area contributed by atoms with Crippen LogP contribution in [0.2, 0.25) is 0 Å². The lowest BCUT2D eigenvalue weighted by Crippen LogP contribution is -2.54. The molecule has 0 radical (unpaired) electrons. The molecule has 36 heavy (non-hydrogen) atoms. The molecular weight excluding hydrogens is 464 g/mol. The Kier molecular flexibility index (Phi) is 4.83. The molecule has 2 aliphatic heterocycles. The molecule has 0 bridgehead atoms. The van der Waals surface area contributed by atoms with Gasteiger partial charge in [0.05, 0.1) is 11.8 Å². The van der Waals surface area contributed by atoms with Crippen LogP contribution in [0, 0.1) is 39.5 Å². The SMILES string of the molecule is Cc1nc(C)c(C)[n+]([C@@H]2c3cc4c(cc3[C@@H](c3cc(O)c(O)c(O)c3)[C@H]3C(=O)OC[C@@H]32)OCO4)c1C. The van der Waals surface area contributed by atoms with Crippen molar-refractivity contribution in [1.82, 2.24) is 4.98 Å². The molecule has 3 aromatic rings. The molecule has 1 aliphatic carbocycles. The lowest BCUT2D eigenvalue weighted by molar-refractivity contribution is -0.734. The number of aryl methyl sites for hydroxylation is 2. The van der Waals surface area contributed by atoms with E-state index in [-0.39, 0.29) is 31.3 Å². The topological polar surface area (TPSA) is 122 Å². The summed E-state index contributed by atoms with van der Waals surface area (Å²) in [6.07, 6.45) is 0. The smallest absolute Gasteiger partial charge is 0.310 e. The lowest BCUT2D eigenvalue weighted by Gasteiger charge is -2.37. The van der Waals surface area contributed by atoms with Crippen LogP contribution in [0.3, 0.4) is 0 Å². The second-order valence-electron chi connectivity index (χ2n) is 9.81. The minimum Gasteiger partial charge on any atom is -0.504 e. The van der Waals surface area contributed by atoms with Gasteiger partial charge in [-0.2, -0.15) is 4.57 Å². The number of phenols is 3. The maximum atomic E-state index is 13.3. The van der Waals surface area contributed by atoms with Gasteiger partial charge >= 0.3 is 5.97 Å². The normalized spacial score (nSPS) is 23.8. The molecule has 1 aromatic heterocycles. The highest BCUT2D eigenvalue weighted by molar-refractivity contribution is 5.79. The number of ether oxygens (including phenoxy) is 3. The summed E-state index contributed by atoms with van der Waals surface area (Å²) in [4.78, 5) is 18.0. The van der Waals surface area contributed by atoms with E-state index in [4.69, 9.17) is 14.2 Å². The number of carbonyl (C=O) groups is 1. The van der Waals surface area contributed by atoms with Gasteiger partial charge in [0, 0.05) is 25.3 Å². The Morgan fingerprint density at radius 1 is 0.861 bits per heavy atom. The molecule has 6 rings (SSSR count). The van der Waals surface area contributed by atoms with E-state index >= 15 is 0 Å². The maximum Gasteiger partial charge on any atom is 0.310 e. The molecule has 1 saturated heterocycles. The van der Waals surface area contributed by atoms with Crippen molar-refractivity contribution >= 4 is 5.97 Å². The van der Waals surface area contributed by atoms with E-state index in [0.717, 1.165) is 33.9 Å². The molecule has 3 N–H and O–H groups in total. The minimum absolute atomic E-state index is 0.0991. The van der Waals surface area contributed by atoms with E-state index in [0.29, 0.717) is 17.1 Å². The molecule has 4 atom stereocenters. The van der Waals surface area contributed by atoms with Crippen LogP contribution in [-0.2, 0) is 9.53 Å². The largest absolute Gasteiger partial charge is 0.504 e. The zero-order chi connectivity index (χ0) is 25.5. The number of hydrogen-bond acceptors (Lipinski definition) is 8. The van der Waals surface area contributed by atoms with Crippen molar-refractivity contribution in [3.63, 3.8) is 0 Å². The van der Waals surface area contributed by atoms with Crippen LogP contribution in [0.15, 0.2) is 24.3 Å². The summed E-state index contributed by atoms with van der Waals surface area (Å²) in [5, 5.41) is 30.6. The molecule has 0 unspecified atom stereocenters. The van der Waals surface area contributed by atoms with E-state index < -0.39 is 29.1 Å². The molecule has 0 saturated carbocycles. The first-order valence-corrected chi connectivity index (χ1v) is 11.9. The molecule has 0 spiro atoms. The average molecular weight is 492 g/mol. The third kappa shape index (κ3) is 3.04. The fraction of sp³-hybridized carbons (Fsp3) is 0.370. The highest BCUT2D eigenvalue weighted by atomic mass is 16.7. The Labute approximate surface area is 207 Å². The number of cyclic esters (lactones) is 1. The molecule has 9 heteroatoms. The van der Waals surface area contributed by atoms with Crippen LogP contribution < -0.4 is 14.0 Å². The summed E-state index contributed by atoms with van der Waals surface area (Å²) in [6, 6.07) is 6.38. The Bertz CT molecular complexity index is 1400. The fourth-order valence-corrected chi connectivity index (χ4v) is 6.10. The number of rotatable bonds is 2. The van der Waals surface area contributed by atoms with Gasteiger partial charge in [-0.3, -0.25) is 4.79 Å². The first-order valence-electron chi connectivity index (χ1n) is 11.9. The Morgan fingerprint density at radius 2 is 1.44 bits per heavy atom. The third-order valence-corrected chi connectivity index (χ3v) is 7.98. The lowest BCUT2D eigenvalue weighted by atomic mass is 9.65. The van der Waals surface area contributed by atoms with Crippen molar-refractivity contribution < 1.29 is 38.9 Å². The number of aromatic hydroxyl groups is 3. The maximum absolute atomic E-state index is 13.3. The van der Waals surface area contributed by atoms with Crippen LogP contribution >= 0.6 is 0 Å². The monoisotopic (exact) mass is 491 g/mol. The minimum atomic E-state index is -0.603. The van der Waals surface area contributed by atoms with Crippen LogP contribution in [0.25, 0.3) is 0 Å². The number of phenolic OH excluding ortho intramolecular Hbond substituents is 3. The van der Waals surface area contributed by atoms with Gasteiger partial charge in [0.2, 0.25) is 6.79 Å². The van der Waals surface area contributed by atoms with Crippen LogP contribution in [0.5, 0.6) is 28.7 Å². The highest BCUT2D eigenvalue weighted by Gasteiger charge is 2.57. The Hall–Kier alpha value is -4.01. The zero-order valence-corrected chi connectivity index (χ0v) is 20.4. The molecular formula is C27H27N2O7+. The first kappa shape index (κ1) is 22.5. The summed E-state index contributed by atoms with van der Waals surface area (Å²) in [5.41, 5.74) is 6.03. The number of benzene rings is 2. The van der Waals surface area contributed by atoms with Crippen molar-refractivity contribution in [3.8, 4) is 28.7 Å². The predicted octanol–water partition coefficient (Wildman–Crippen LogP) is 2.97. The van der Waals surface area contributed by atoms with Crippen molar-refractivity contribution in [1.29, 1.82) is 0 Å². The van der Waals surface area contributed by atoms with Gasteiger partial charge in [-0.25, -0.2) is 4.98 Å². The Morgan fingerprint density at radius 3 is 2.06 bits per heavy atom. The van der Waals surface area contributed by atoms with Crippen molar-refractivity contribution in [2.45, 2.75) is 39.7 Å². The molecule has 2 aromatic carbocycles. The van der Waals surface area contributed by atoms with E-state index in [9.17, 15) is 20.1 Å². The zero-order valence-electron chi connectivity index (χ0n) is 20.4. The molecule has 1 fully saturated rings. The van der Waals surface area contributed by atoms with E-state index in [1.807, 2.05) is 39.8 Å². The summed E-state index contributed by atoms with van der Waals surface area (Å²) >= 11 is 0. The summed E-state index contributed by atoms with van der Waals surface area (Å²) < 4.78 is 19.3. The number of carbonyl (C=O) groups excluding carboxylic acids is 1. The molecule has 3 aliphatic rings. The van der Waals surface area contributed by atoms with Crippen molar-refractivity contribution in [3.05, 3.63) is 63.7 Å². The number of nitrogens with zero attached hydrogens (tertiary/aromatic N) is 2. The second kappa shape index (κ2) is 7.74. The Balaban J connectivity index is 1.67. The number of aromatic nitrogens is 2. The predicted molar refractivity (Wildman–Crippen MR) is 125 cm³/mol. The first-order chi connectivity index (χ1) is 17.2. The van der Waals surface area contributed by atoms with Gasteiger partial charge in [-0.15, -0.1) is 0 Å². The van der Waals surface area contributed by atoms with E-state index in [1.165, 1.54) is 12.1 Å². The average Bonchev–Trinajstić information content (AvgIpc) is 3.45. The van der Waals surface area contributed by atoms with Crippen LogP contribution in [-0.4, -0.2) is 39.7 Å². The summed E-state index contributed by atoms with van der Waals surface area (Å²) in [5.74, 6) is -2.06.